The predicted octanol–water partition coefficient (Wildman–Crippen LogP) is 1.92. The Hall–Kier alpha value is -2.50. The first kappa shape index (κ1) is 15.4. The smallest absolute Gasteiger partial charge is 0.241 e. The van der Waals surface area contributed by atoms with E-state index in [-0.39, 0.29) is 18.6 Å². The third-order valence-electron chi connectivity index (χ3n) is 3.72. The van der Waals surface area contributed by atoms with Crippen LogP contribution in [-0.2, 0) is 24.3 Å². The standard InChI is InChI=1S/C17H21N3O3/c1-3-22-15-8-13-7-12(2)23-16(13)9-14(15)10-18-17(21)11-20-6-4-5-19-20/h4-6,8-9,12H,3,7,10-11H2,1-2H3,(H,18,21)/t12-/m0/s1. The van der Waals surface area contributed by atoms with Gasteiger partial charge in [-0.15, -0.1) is 0 Å². The van der Waals surface area contributed by atoms with Gasteiger partial charge in [0.2, 0.25) is 5.91 Å². The summed E-state index contributed by atoms with van der Waals surface area (Å²) in [6.45, 7) is 5.19. The largest absolute Gasteiger partial charge is 0.494 e. The van der Waals surface area contributed by atoms with Gasteiger partial charge in [-0.1, -0.05) is 0 Å². The van der Waals surface area contributed by atoms with E-state index in [4.69, 9.17) is 9.47 Å². The first-order chi connectivity index (χ1) is 11.2. The molecule has 1 aromatic carbocycles. The van der Waals surface area contributed by atoms with E-state index in [1.54, 1.807) is 23.1 Å². The van der Waals surface area contributed by atoms with Crippen LogP contribution in [0.5, 0.6) is 11.5 Å². The zero-order valence-electron chi connectivity index (χ0n) is 13.4. The highest BCUT2D eigenvalue weighted by Gasteiger charge is 2.22. The van der Waals surface area contributed by atoms with E-state index in [2.05, 4.69) is 10.4 Å². The number of amides is 1. The van der Waals surface area contributed by atoms with Gasteiger partial charge in [-0.25, -0.2) is 0 Å². The third kappa shape index (κ3) is 3.64. The first-order valence-corrected chi connectivity index (χ1v) is 7.85. The summed E-state index contributed by atoms with van der Waals surface area (Å²) < 4.78 is 13.1. The number of carbonyl (C=O) groups excluding carboxylic acids is 1. The van der Waals surface area contributed by atoms with Crippen molar-refractivity contribution < 1.29 is 14.3 Å². The summed E-state index contributed by atoms with van der Waals surface area (Å²) in [5, 5.41) is 6.93. The molecule has 0 radical (unpaired) electrons. The van der Waals surface area contributed by atoms with Gasteiger partial charge in [0.1, 0.15) is 24.1 Å². The van der Waals surface area contributed by atoms with Crippen molar-refractivity contribution in [1.29, 1.82) is 0 Å². The minimum Gasteiger partial charge on any atom is -0.494 e. The van der Waals surface area contributed by atoms with Gasteiger partial charge >= 0.3 is 0 Å². The highest BCUT2D eigenvalue weighted by molar-refractivity contribution is 5.75. The molecule has 1 amide bonds. The molecule has 0 saturated heterocycles. The molecule has 1 aromatic heterocycles. The van der Waals surface area contributed by atoms with E-state index in [0.717, 1.165) is 29.0 Å². The number of fused-ring (bicyclic) bond motifs is 1. The van der Waals surface area contributed by atoms with E-state index in [9.17, 15) is 4.79 Å². The van der Waals surface area contributed by atoms with Gasteiger partial charge in [0.25, 0.3) is 0 Å². The summed E-state index contributed by atoms with van der Waals surface area (Å²) in [6.07, 6.45) is 4.49. The van der Waals surface area contributed by atoms with Gasteiger partial charge < -0.3 is 14.8 Å². The van der Waals surface area contributed by atoms with Crippen molar-refractivity contribution in [3.05, 3.63) is 41.7 Å². The third-order valence-corrected chi connectivity index (χ3v) is 3.72. The lowest BCUT2D eigenvalue weighted by Gasteiger charge is -2.13. The molecule has 2 heterocycles. The van der Waals surface area contributed by atoms with Crippen LogP contribution in [0.4, 0.5) is 0 Å². The number of rotatable bonds is 6. The average molecular weight is 315 g/mol. The van der Waals surface area contributed by atoms with Crippen molar-refractivity contribution in [3.8, 4) is 11.5 Å². The highest BCUT2D eigenvalue weighted by atomic mass is 16.5. The Morgan fingerprint density at radius 2 is 2.39 bits per heavy atom. The van der Waals surface area contributed by atoms with Crippen molar-refractivity contribution in [2.45, 2.75) is 39.5 Å². The molecule has 0 aliphatic carbocycles. The quantitative estimate of drug-likeness (QED) is 0.884. The summed E-state index contributed by atoms with van der Waals surface area (Å²) in [7, 11) is 0. The molecular weight excluding hydrogens is 294 g/mol. The number of benzene rings is 1. The van der Waals surface area contributed by atoms with Crippen LogP contribution in [0.15, 0.2) is 30.6 Å². The summed E-state index contributed by atoms with van der Waals surface area (Å²) >= 11 is 0. The van der Waals surface area contributed by atoms with E-state index in [1.807, 2.05) is 26.0 Å². The van der Waals surface area contributed by atoms with Crippen LogP contribution >= 0.6 is 0 Å². The molecule has 1 N–H and O–H groups in total. The molecule has 1 aliphatic rings. The summed E-state index contributed by atoms with van der Waals surface area (Å²) in [4.78, 5) is 12.0. The molecule has 0 bridgehead atoms. The van der Waals surface area contributed by atoms with E-state index >= 15 is 0 Å². The number of carbonyl (C=O) groups is 1. The second kappa shape index (κ2) is 6.73. The highest BCUT2D eigenvalue weighted by Crippen LogP contribution is 2.35. The van der Waals surface area contributed by atoms with Crippen LogP contribution in [0, 0.1) is 0 Å². The van der Waals surface area contributed by atoms with E-state index in [0.29, 0.717) is 13.2 Å². The fourth-order valence-electron chi connectivity index (χ4n) is 2.70. The molecule has 1 atom stereocenters. The number of hydrogen-bond acceptors (Lipinski definition) is 4. The summed E-state index contributed by atoms with van der Waals surface area (Å²) in [5.41, 5.74) is 2.08. The molecule has 122 valence electrons. The molecule has 23 heavy (non-hydrogen) atoms. The van der Waals surface area contributed by atoms with Crippen molar-refractivity contribution in [1.82, 2.24) is 15.1 Å². The van der Waals surface area contributed by atoms with Crippen LogP contribution in [0.25, 0.3) is 0 Å². The van der Waals surface area contributed by atoms with Gasteiger partial charge in [-0.3, -0.25) is 9.48 Å². The SMILES string of the molecule is CCOc1cc2c(cc1CNC(=O)Cn1cccn1)O[C@@H](C)C2. The monoisotopic (exact) mass is 315 g/mol. The molecule has 0 fully saturated rings. The Kier molecular flexibility index (Phi) is 4.50. The fourth-order valence-corrected chi connectivity index (χ4v) is 2.70. The lowest BCUT2D eigenvalue weighted by atomic mass is 10.1. The maximum absolute atomic E-state index is 12.0. The summed E-state index contributed by atoms with van der Waals surface area (Å²) in [6, 6.07) is 5.79. The average Bonchev–Trinajstić information content (AvgIpc) is 3.13. The topological polar surface area (TPSA) is 65.4 Å². The van der Waals surface area contributed by atoms with Crippen LogP contribution in [0.1, 0.15) is 25.0 Å². The van der Waals surface area contributed by atoms with Crippen LogP contribution in [-0.4, -0.2) is 28.4 Å². The fraction of sp³-hybridized carbons (Fsp3) is 0.412. The molecule has 0 saturated carbocycles. The minimum absolute atomic E-state index is 0.0917. The van der Waals surface area contributed by atoms with Gasteiger partial charge in [-0.05, 0) is 32.0 Å². The second-order valence-electron chi connectivity index (χ2n) is 5.61. The normalized spacial score (nSPS) is 15.8. The number of hydrogen-bond donors (Lipinski definition) is 1. The van der Waals surface area contributed by atoms with Gasteiger partial charge in [0.05, 0.1) is 6.61 Å². The molecule has 6 nitrogen and oxygen atoms in total. The van der Waals surface area contributed by atoms with Crippen LogP contribution < -0.4 is 14.8 Å². The van der Waals surface area contributed by atoms with Gasteiger partial charge in [0.15, 0.2) is 0 Å². The maximum atomic E-state index is 12.0. The molecule has 0 unspecified atom stereocenters. The van der Waals surface area contributed by atoms with Crippen LogP contribution in [0.2, 0.25) is 0 Å². The molecule has 2 aromatic rings. The van der Waals surface area contributed by atoms with Gasteiger partial charge in [0, 0.05) is 36.5 Å². The number of nitrogens with one attached hydrogen (secondary N) is 1. The van der Waals surface area contributed by atoms with Crippen molar-refractivity contribution in [2.75, 3.05) is 6.61 Å². The molecule has 0 spiro atoms. The Morgan fingerprint density at radius 3 is 3.13 bits per heavy atom. The van der Waals surface area contributed by atoms with Crippen molar-refractivity contribution in [2.24, 2.45) is 0 Å². The van der Waals surface area contributed by atoms with E-state index in [1.165, 1.54) is 0 Å². The molecule has 6 heteroatoms. The summed E-state index contributed by atoms with van der Waals surface area (Å²) in [5.74, 6) is 1.60. The molecule has 3 rings (SSSR count). The van der Waals surface area contributed by atoms with E-state index < -0.39 is 0 Å². The molecule has 1 aliphatic heterocycles. The lowest BCUT2D eigenvalue weighted by molar-refractivity contribution is -0.122. The van der Waals surface area contributed by atoms with Crippen molar-refractivity contribution >= 4 is 5.91 Å². The number of ether oxygens (including phenoxy) is 2. The lowest BCUT2D eigenvalue weighted by Crippen LogP contribution is -2.27. The zero-order chi connectivity index (χ0) is 16.2. The minimum atomic E-state index is -0.0917. The Bertz CT molecular complexity index is 683. The number of aromatic nitrogens is 2. The zero-order valence-corrected chi connectivity index (χ0v) is 13.4. The predicted molar refractivity (Wildman–Crippen MR) is 85.5 cm³/mol. The Morgan fingerprint density at radius 1 is 1.52 bits per heavy atom. The Labute approximate surface area is 135 Å². The van der Waals surface area contributed by atoms with Crippen molar-refractivity contribution in [3.63, 3.8) is 0 Å². The Balaban J connectivity index is 1.69. The number of nitrogens with zero attached hydrogens (tertiary/aromatic N) is 2. The molecular formula is C17H21N3O3. The second-order valence-corrected chi connectivity index (χ2v) is 5.61. The van der Waals surface area contributed by atoms with Gasteiger partial charge in [-0.2, -0.15) is 5.10 Å². The first-order valence-electron chi connectivity index (χ1n) is 7.85. The van der Waals surface area contributed by atoms with Crippen LogP contribution in [0.3, 0.4) is 0 Å². The maximum Gasteiger partial charge on any atom is 0.241 e.